The zero-order valence-electron chi connectivity index (χ0n) is 13.5. The van der Waals surface area contributed by atoms with Gasteiger partial charge in [0.15, 0.2) is 0 Å². The average molecular weight is 309 g/mol. The first kappa shape index (κ1) is 15.8. The van der Waals surface area contributed by atoms with Crippen LogP contribution in [0.25, 0.3) is 0 Å². The summed E-state index contributed by atoms with van der Waals surface area (Å²) in [5.41, 5.74) is 3.80. The fraction of sp³-hybridized carbons (Fsp3) is 0.350. The minimum Gasteiger partial charge on any atom is -0.392 e. The van der Waals surface area contributed by atoms with E-state index in [1.54, 1.807) is 0 Å². The van der Waals surface area contributed by atoms with Crippen LogP contribution in [-0.4, -0.2) is 11.0 Å². The number of benzene rings is 2. The highest BCUT2D eigenvalue weighted by atomic mass is 16.3. The number of carbonyl (C=O) groups excluding carboxylic acids is 1. The minimum atomic E-state index is -0.469. The van der Waals surface area contributed by atoms with E-state index < -0.39 is 5.41 Å². The molecule has 0 fully saturated rings. The topological polar surface area (TPSA) is 49.3 Å². The molecule has 1 atom stereocenters. The fourth-order valence-electron chi connectivity index (χ4n) is 3.53. The van der Waals surface area contributed by atoms with Gasteiger partial charge in [-0.2, -0.15) is 0 Å². The molecular formula is C20H23NO2. The van der Waals surface area contributed by atoms with Crippen LogP contribution in [-0.2, 0) is 29.8 Å². The Labute approximate surface area is 137 Å². The van der Waals surface area contributed by atoms with Crippen LogP contribution in [0.3, 0.4) is 0 Å². The molecule has 2 aromatic rings. The Morgan fingerprint density at radius 2 is 1.83 bits per heavy atom. The minimum absolute atomic E-state index is 0.00779. The van der Waals surface area contributed by atoms with E-state index in [1.165, 1.54) is 5.56 Å². The molecule has 0 aliphatic heterocycles. The largest absolute Gasteiger partial charge is 0.392 e. The summed E-state index contributed by atoms with van der Waals surface area (Å²) in [6.45, 7) is 2.48. The van der Waals surface area contributed by atoms with Crippen LogP contribution in [0.2, 0.25) is 0 Å². The van der Waals surface area contributed by atoms with Crippen LogP contribution >= 0.6 is 0 Å². The molecule has 1 aliphatic rings. The molecule has 2 N–H and O–H groups in total. The number of amides is 1. The highest BCUT2D eigenvalue weighted by molar-refractivity contribution is 5.88. The quantitative estimate of drug-likeness (QED) is 0.912. The van der Waals surface area contributed by atoms with E-state index in [0.29, 0.717) is 6.54 Å². The Bertz CT molecular complexity index is 710. The third-order valence-corrected chi connectivity index (χ3v) is 4.96. The zero-order chi connectivity index (χ0) is 16.3. The van der Waals surface area contributed by atoms with Gasteiger partial charge in [-0.15, -0.1) is 0 Å². The standard InChI is InChI=1S/C20H23NO2/c1-20(12-6-10-15-7-4-5-11-18(15)20)19(23)21-13-16-8-2-3-9-17(16)14-22/h2-5,7-9,11,22H,6,10,12-14H2,1H3,(H,21,23). The van der Waals surface area contributed by atoms with Crippen molar-refractivity contribution in [1.82, 2.24) is 5.32 Å². The molecule has 1 aliphatic carbocycles. The van der Waals surface area contributed by atoms with E-state index in [4.69, 9.17) is 0 Å². The maximum Gasteiger partial charge on any atom is 0.230 e. The van der Waals surface area contributed by atoms with Gasteiger partial charge in [-0.05, 0) is 48.4 Å². The maximum absolute atomic E-state index is 12.9. The maximum atomic E-state index is 12.9. The van der Waals surface area contributed by atoms with Crippen molar-refractivity contribution in [2.24, 2.45) is 0 Å². The molecule has 2 aromatic carbocycles. The van der Waals surface area contributed by atoms with Crippen molar-refractivity contribution in [2.75, 3.05) is 0 Å². The van der Waals surface area contributed by atoms with E-state index in [9.17, 15) is 9.90 Å². The average Bonchev–Trinajstić information content (AvgIpc) is 2.60. The van der Waals surface area contributed by atoms with Crippen molar-refractivity contribution in [2.45, 2.75) is 44.8 Å². The van der Waals surface area contributed by atoms with Crippen LogP contribution in [0.1, 0.15) is 42.0 Å². The molecule has 0 bridgehead atoms. The first-order valence-electron chi connectivity index (χ1n) is 8.19. The van der Waals surface area contributed by atoms with Crippen LogP contribution < -0.4 is 5.32 Å². The SMILES string of the molecule is CC1(C(=O)NCc2ccccc2CO)CCCc2ccccc21. The predicted octanol–water partition coefficient (Wildman–Crippen LogP) is 3.09. The third-order valence-electron chi connectivity index (χ3n) is 4.96. The predicted molar refractivity (Wildman–Crippen MR) is 90.9 cm³/mol. The second-order valence-electron chi connectivity index (χ2n) is 6.45. The fourth-order valence-corrected chi connectivity index (χ4v) is 3.53. The van der Waals surface area contributed by atoms with Crippen molar-refractivity contribution in [1.29, 1.82) is 0 Å². The number of aliphatic hydroxyl groups excluding tert-OH is 1. The van der Waals surface area contributed by atoms with E-state index >= 15 is 0 Å². The molecule has 0 aromatic heterocycles. The van der Waals surface area contributed by atoms with E-state index in [1.807, 2.05) is 43.3 Å². The Morgan fingerprint density at radius 1 is 1.13 bits per heavy atom. The molecule has 0 radical (unpaired) electrons. The number of aliphatic hydroxyl groups is 1. The first-order chi connectivity index (χ1) is 11.1. The highest BCUT2D eigenvalue weighted by Crippen LogP contribution is 2.37. The molecule has 0 saturated carbocycles. The van der Waals surface area contributed by atoms with Crippen molar-refractivity contribution < 1.29 is 9.90 Å². The summed E-state index contributed by atoms with van der Waals surface area (Å²) in [6, 6.07) is 15.9. The molecule has 1 amide bonds. The molecule has 3 nitrogen and oxygen atoms in total. The number of rotatable bonds is 4. The Morgan fingerprint density at radius 3 is 2.61 bits per heavy atom. The second-order valence-corrected chi connectivity index (χ2v) is 6.45. The summed E-state index contributed by atoms with van der Waals surface area (Å²) in [4.78, 5) is 12.9. The van der Waals surface area contributed by atoms with Crippen molar-refractivity contribution >= 4 is 5.91 Å². The molecule has 3 rings (SSSR count). The molecule has 0 heterocycles. The lowest BCUT2D eigenvalue weighted by atomic mass is 9.70. The van der Waals surface area contributed by atoms with Crippen LogP contribution in [0.4, 0.5) is 0 Å². The van der Waals surface area contributed by atoms with Gasteiger partial charge in [0.25, 0.3) is 0 Å². The van der Waals surface area contributed by atoms with Crippen LogP contribution in [0, 0.1) is 0 Å². The van der Waals surface area contributed by atoms with Crippen LogP contribution in [0.15, 0.2) is 48.5 Å². The lowest BCUT2D eigenvalue weighted by molar-refractivity contribution is -0.126. The van der Waals surface area contributed by atoms with Gasteiger partial charge in [-0.1, -0.05) is 48.5 Å². The Balaban J connectivity index is 1.79. The van der Waals surface area contributed by atoms with Gasteiger partial charge in [-0.3, -0.25) is 4.79 Å². The van der Waals surface area contributed by atoms with Gasteiger partial charge in [-0.25, -0.2) is 0 Å². The normalized spacial score (nSPS) is 19.9. The van der Waals surface area contributed by atoms with Crippen molar-refractivity contribution in [3.8, 4) is 0 Å². The number of hydrogen-bond donors (Lipinski definition) is 2. The van der Waals surface area contributed by atoms with Crippen molar-refractivity contribution in [3.63, 3.8) is 0 Å². The lowest BCUT2D eigenvalue weighted by Crippen LogP contribution is -2.44. The molecule has 120 valence electrons. The van der Waals surface area contributed by atoms with E-state index in [-0.39, 0.29) is 12.5 Å². The van der Waals surface area contributed by atoms with Gasteiger partial charge in [0.1, 0.15) is 0 Å². The summed E-state index contributed by atoms with van der Waals surface area (Å²) < 4.78 is 0. The molecule has 0 spiro atoms. The molecule has 3 heteroatoms. The molecule has 23 heavy (non-hydrogen) atoms. The lowest BCUT2D eigenvalue weighted by Gasteiger charge is -2.34. The zero-order valence-corrected chi connectivity index (χ0v) is 13.5. The van der Waals surface area contributed by atoms with Gasteiger partial charge in [0, 0.05) is 6.54 Å². The summed E-state index contributed by atoms with van der Waals surface area (Å²) >= 11 is 0. The number of carbonyl (C=O) groups is 1. The van der Waals surface area contributed by atoms with Crippen LogP contribution in [0.5, 0.6) is 0 Å². The third kappa shape index (κ3) is 3.02. The first-order valence-corrected chi connectivity index (χ1v) is 8.19. The number of nitrogens with one attached hydrogen (secondary N) is 1. The van der Waals surface area contributed by atoms with Gasteiger partial charge in [0.2, 0.25) is 5.91 Å². The number of hydrogen-bond acceptors (Lipinski definition) is 2. The van der Waals surface area contributed by atoms with Gasteiger partial charge < -0.3 is 10.4 Å². The second kappa shape index (κ2) is 6.55. The van der Waals surface area contributed by atoms with E-state index in [0.717, 1.165) is 36.0 Å². The molecule has 0 saturated heterocycles. The van der Waals surface area contributed by atoms with E-state index in [2.05, 4.69) is 17.4 Å². The van der Waals surface area contributed by atoms with Gasteiger partial charge >= 0.3 is 0 Å². The highest BCUT2D eigenvalue weighted by Gasteiger charge is 2.38. The van der Waals surface area contributed by atoms with Crippen molar-refractivity contribution in [3.05, 3.63) is 70.8 Å². The number of fused-ring (bicyclic) bond motifs is 1. The monoisotopic (exact) mass is 309 g/mol. The summed E-state index contributed by atoms with van der Waals surface area (Å²) in [7, 11) is 0. The molecule has 1 unspecified atom stereocenters. The summed E-state index contributed by atoms with van der Waals surface area (Å²) in [5, 5.41) is 12.5. The Kier molecular flexibility index (Phi) is 4.49. The Hall–Kier alpha value is -2.13. The molecular weight excluding hydrogens is 286 g/mol. The van der Waals surface area contributed by atoms with Gasteiger partial charge in [0.05, 0.1) is 12.0 Å². The smallest absolute Gasteiger partial charge is 0.230 e. The summed E-state index contributed by atoms with van der Waals surface area (Å²) in [5.74, 6) is 0.0670. The summed E-state index contributed by atoms with van der Waals surface area (Å²) in [6.07, 6.45) is 2.96. The number of aryl methyl sites for hydroxylation is 1.